The number of aliphatic hydroxyl groups is 1. The maximum absolute atomic E-state index is 10.1. The van der Waals surface area contributed by atoms with Crippen LogP contribution in [0.2, 0.25) is 0 Å². The molecule has 96 valence electrons. The Morgan fingerprint density at radius 1 is 1.29 bits per heavy atom. The third-order valence-corrected chi connectivity index (χ3v) is 2.66. The molecule has 0 amide bonds. The van der Waals surface area contributed by atoms with Gasteiger partial charge in [0.15, 0.2) is 0 Å². The van der Waals surface area contributed by atoms with Gasteiger partial charge in [0.1, 0.15) is 11.5 Å². The van der Waals surface area contributed by atoms with Gasteiger partial charge in [0.05, 0.1) is 20.3 Å². The van der Waals surface area contributed by atoms with Gasteiger partial charge in [0.2, 0.25) is 0 Å². The lowest BCUT2D eigenvalue weighted by Gasteiger charge is -2.21. The molecule has 5 heteroatoms. The standard InChI is InChI=1S/C12H20N2O3/c1-16-8-3-4-11(17-2)9(7-8)12(15)10(14)5-6-13/h3-4,7,10,12,15H,5-6,13-14H2,1-2H3. The number of nitrogens with two attached hydrogens (primary N) is 2. The minimum Gasteiger partial charge on any atom is -0.497 e. The summed E-state index contributed by atoms with van der Waals surface area (Å²) in [4.78, 5) is 0. The van der Waals surface area contributed by atoms with E-state index < -0.39 is 12.1 Å². The Balaban J connectivity index is 3.00. The van der Waals surface area contributed by atoms with Gasteiger partial charge in [-0.1, -0.05) is 0 Å². The van der Waals surface area contributed by atoms with Crippen LogP contribution in [0.15, 0.2) is 18.2 Å². The fraction of sp³-hybridized carbons (Fsp3) is 0.500. The summed E-state index contributed by atoms with van der Waals surface area (Å²) >= 11 is 0. The van der Waals surface area contributed by atoms with E-state index >= 15 is 0 Å². The van der Waals surface area contributed by atoms with Gasteiger partial charge >= 0.3 is 0 Å². The second-order valence-electron chi connectivity index (χ2n) is 3.79. The summed E-state index contributed by atoms with van der Waals surface area (Å²) < 4.78 is 10.3. The van der Waals surface area contributed by atoms with Gasteiger partial charge in [-0.3, -0.25) is 0 Å². The van der Waals surface area contributed by atoms with Crippen LogP contribution in [0.5, 0.6) is 11.5 Å². The van der Waals surface area contributed by atoms with Crippen molar-refractivity contribution in [3.63, 3.8) is 0 Å². The highest BCUT2D eigenvalue weighted by Crippen LogP contribution is 2.31. The van der Waals surface area contributed by atoms with Crippen molar-refractivity contribution in [3.8, 4) is 11.5 Å². The van der Waals surface area contributed by atoms with E-state index in [2.05, 4.69) is 0 Å². The summed E-state index contributed by atoms with van der Waals surface area (Å²) in [5.41, 5.74) is 11.9. The highest BCUT2D eigenvalue weighted by molar-refractivity contribution is 5.42. The summed E-state index contributed by atoms with van der Waals surface area (Å²) in [5, 5.41) is 10.1. The minimum atomic E-state index is -0.816. The van der Waals surface area contributed by atoms with Gasteiger partial charge in [0.25, 0.3) is 0 Å². The Morgan fingerprint density at radius 2 is 2.00 bits per heavy atom. The zero-order chi connectivity index (χ0) is 12.8. The van der Waals surface area contributed by atoms with Gasteiger partial charge in [-0.05, 0) is 31.2 Å². The summed E-state index contributed by atoms with van der Waals surface area (Å²) in [7, 11) is 3.12. The summed E-state index contributed by atoms with van der Waals surface area (Å²) in [6.45, 7) is 0.435. The number of hydrogen-bond donors (Lipinski definition) is 3. The topological polar surface area (TPSA) is 90.7 Å². The van der Waals surface area contributed by atoms with Crippen LogP contribution in [0.25, 0.3) is 0 Å². The van der Waals surface area contributed by atoms with Crippen molar-refractivity contribution in [1.29, 1.82) is 0 Å². The third-order valence-electron chi connectivity index (χ3n) is 2.66. The largest absolute Gasteiger partial charge is 0.497 e. The van der Waals surface area contributed by atoms with Crippen LogP contribution in [0.4, 0.5) is 0 Å². The van der Waals surface area contributed by atoms with Crippen molar-refractivity contribution in [2.75, 3.05) is 20.8 Å². The van der Waals surface area contributed by atoms with Crippen LogP contribution in [-0.2, 0) is 0 Å². The predicted octanol–water partition coefficient (Wildman–Crippen LogP) is 0.413. The molecular formula is C12H20N2O3. The van der Waals surface area contributed by atoms with Crippen LogP contribution in [-0.4, -0.2) is 31.9 Å². The Morgan fingerprint density at radius 3 is 2.53 bits per heavy atom. The molecule has 1 rings (SSSR count). The first-order valence-electron chi connectivity index (χ1n) is 5.49. The molecule has 0 bridgehead atoms. The normalized spacial score (nSPS) is 14.2. The molecule has 0 aromatic heterocycles. The molecule has 0 radical (unpaired) electrons. The van der Waals surface area contributed by atoms with Gasteiger partial charge in [0, 0.05) is 11.6 Å². The lowest BCUT2D eigenvalue weighted by molar-refractivity contribution is 0.139. The van der Waals surface area contributed by atoms with Gasteiger partial charge in [-0.2, -0.15) is 0 Å². The minimum absolute atomic E-state index is 0.416. The Hall–Kier alpha value is -1.30. The number of ether oxygens (including phenoxy) is 2. The van der Waals surface area contributed by atoms with Crippen LogP contribution >= 0.6 is 0 Å². The Bertz CT molecular complexity index is 358. The molecule has 0 fully saturated rings. The summed E-state index contributed by atoms with van der Waals surface area (Å²) in [6, 6.07) is 4.82. The molecule has 0 heterocycles. The van der Waals surface area contributed by atoms with Crippen LogP contribution in [0, 0.1) is 0 Å². The maximum atomic E-state index is 10.1. The molecule has 5 nitrogen and oxygen atoms in total. The highest BCUT2D eigenvalue weighted by atomic mass is 16.5. The zero-order valence-corrected chi connectivity index (χ0v) is 10.2. The van der Waals surface area contributed by atoms with E-state index in [0.717, 1.165) is 0 Å². The van der Waals surface area contributed by atoms with E-state index in [0.29, 0.717) is 30.0 Å². The molecule has 0 saturated carbocycles. The van der Waals surface area contributed by atoms with Gasteiger partial charge < -0.3 is 26.0 Å². The molecular weight excluding hydrogens is 220 g/mol. The summed E-state index contributed by atoms with van der Waals surface area (Å²) in [5.74, 6) is 1.24. The first-order chi connectivity index (χ1) is 8.13. The van der Waals surface area contributed by atoms with E-state index in [1.807, 2.05) is 0 Å². The fourth-order valence-corrected chi connectivity index (χ4v) is 1.65. The molecule has 1 aromatic rings. The van der Waals surface area contributed by atoms with Crippen LogP contribution in [0.3, 0.4) is 0 Å². The molecule has 2 unspecified atom stereocenters. The average molecular weight is 240 g/mol. The fourth-order valence-electron chi connectivity index (χ4n) is 1.65. The van der Waals surface area contributed by atoms with Crippen molar-refractivity contribution in [1.82, 2.24) is 0 Å². The van der Waals surface area contributed by atoms with Crippen molar-refractivity contribution in [2.45, 2.75) is 18.6 Å². The quantitative estimate of drug-likeness (QED) is 0.670. The number of methoxy groups -OCH3 is 2. The molecule has 2 atom stereocenters. The number of benzene rings is 1. The highest BCUT2D eigenvalue weighted by Gasteiger charge is 2.20. The summed E-state index contributed by atoms with van der Waals surface area (Å²) in [6.07, 6.45) is -0.273. The second kappa shape index (κ2) is 6.44. The second-order valence-corrected chi connectivity index (χ2v) is 3.79. The SMILES string of the molecule is COc1ccc(OC)c(C(O)C(N)CCN)c1. The third kappa shape index (κ3) is 3.33. The van der Waals surface area contributed by atoms with E-state index in [1.54, 1.807) is 32.4 Å². The lowest BCUT2D eigenvalue weighted by Crippen LogP contribution is -2.31. The molecule has 0 aliphatic heterocycles. The molecule has 0 saturated heterocycles. The smallest absolute Gasteiger partial charge is 0.124 e. The van der Waals surface area contributed by atoms with Crippen molar-refractivity contribution in [3.05, 3.63) is 23.8 Å². The first kappa shape index (κ1) is 13.8. The molecule has 17 heavy (non-hydrogen) atoms. The average Bonchev–Trinajstić information content (AvgIpc) is 2.37. The Kier molecular flexibility index (Phi) is 5.21. The number of hydrogen-bond acceptors (Lipinski definition) is 5. The monoisotopic (exact) mass is 240 g/mol. The predicted molar refractivity (Wildman–Crippen MR) is 66.2 cm³/mol. The van der Waals surface area contributed by atoms with Crippen molar-refractivity contribution < 1.29 is 14.6 Å². The maximum Gasteiger partial charge on any atom is 0.124 e. The van der Waals surface area contributed by atoms with E-state index in [1.165, 1.54) is 0 Å². The van der Waals surface area contributed by atoms with E-state index in [9.17, 15) is 5.11 Å². The van der Waals surface area contributed by atoms with E-state index in [4.69, 9.17) is 20.9 Å². The van der Waals surface area contributed by atoms with Gasteiger partial charge in [-0.25, -0.2) is 0 Å². The van der Waals surface area contributed by atoms with Gasteiger partial charge in [-0.15, -0.1) is 0 Å². The van der Waals surface area contributed by atoms with Crippen LogP contribution < -0.4 is 20.9 Å². The molecule has 0 spiro atoms. The molecule has 0 aliphatic rings. The van der Waals surface area contributed by atoms with Crippen LogP contribution in [0.1, 0.15) is 18.1 Å². The molecule has 1 aromatic carbocycles. The Labute approximate surface area is 101 Å². The number of rotatable bonds is 6. The zero-order valence-electron chi connectivity index (χ0n) is 10.2. The molecule has 5 N–H and O–H groups in total. The number of aliphatic hydroxyl groups excluding tert-OH is 1. The van der Waals surface area contributed by atoms with E-state index in [-0.39, 0.29) is 0 Å². The van der Waals surface area contributed by atoms with Crippen molar-refractivity contribution in [2.24, 2.45) is 11.5 Å². The van der Waals surface area contributed by atoms with Crippen molar-refractivity contribution >= 4 is 0 Å². The molecule has 0 aliphatic carbocycles. The lowest BCUT2D eigenvalue weighted by atomic mass is 9.99. The first-order valence-corrected chi connectivity index (χ1v) is 5.49.